The Morgan fingerprint density at radius 3 is 3.00 bits per heavy atom. The lowest BCUT2D eigenvalue weighted by Crippen LogP contribution is -2.07. The Hall–Kier alpha value is -1.27. The van der Waals surface area contributed by atoms with Crippen molar-refractivity contribution in [1.29, 1.82) is 0 Å². The molecule has 0 spiro atoms. The first-order valence-corrected chi connectivity index (χ1v) is 4.80. The maximum Gasteiger partial charge on any atom is 0.138 e. The Bertz CT molecular complexity index is 425. The fourth-order valence-electron chi connectivity index (χ4n) is 1.15. The van der Waals surface area contributed by atoms with E-state index in [9.17, 15) is 0 Å². The van der Waals surface area contributed by atoms with Crippen LogP contribution in [0.4, 0.5) is 0 Å². The van der Waals surface area contributed by atoms with Crippen molar-refractivity contribution >= 4 is 15.9 Å². The normalized spacial score (nSPS) is 10.4. The second-order valence-electron chi connectivity index (χ2n) is 2.66. The molecule has 6 heteroatoms. The molecule has 0 aliphatic heterocycles. The summed E-state index contributed by atoms with van der Waals surface area (Å²) >= 11 is 3.35. The van der Waals surface area contributed by atoms with Crippen LogP contribution < -0.4 is 5.73 Å². The molecular weight excluding hydrogens is 246 g/mol. The standard InChI is InChI=1S/C8H8BrN5/c9-6-1-8(7(2-10)12-3-6)14-5-11-4-13-14/h1,3-5H,2,10H2. The summed E-state index contributed by atoms with van der Waals surface area (Å²) in [5.74, 6) is 0. The molecule has 14 heavy (non-hydrogen) atoms. The van der Waals surface area contributed by atoms with Crippen LogP contribution in [-0.2, 0) is 6.54 Å². The number of nitrogens with two attached hydrogens (primary N) is 1. The number of hydrogen-bond donors (Lipinski definition) is 1. The molecule has 0 aromatic carbocycles. The van der Waals surface area contributed by atoms with Gasteiger partial charge in [-0.15, -0.1) is 0 Å². The molecule has 5 nitrogen and oxygen atoms in total. The Labute approximate surface area is 89.1 Å². The molecule has 0 radical (unpaired) electrons. The molecule has 72 valence electrons. The number of aromatic nitrogens is 4. The van der Waals surface area contributed by atoms with Crippen molar-refractivity contribution in [3.8, 4) is 5.69 Å². The molecule has 2 heterocycles. The summed E-state index contributed by atoms with van der Waals surface area (Å²) in [6.07, 6.45) is 4.80. The van der Waals surface area contributed by atoms with Gasteiger partial charge in [0.25, 0.3) is 0 Å². The summed E-state index contributed by atoms with van der Waals surface area (Å²) in [7, 11) is 0. The molecule has 2 rings (SSSR count). The van der Waals surface area contributed by atoms with Gasteiger partial charge in [-0.25, -0.2) is 9.67 Å². The molecule has 0 amide bonds. The first kappa shape index (κ1) is 9.29. The Morgan fingerprint density at radius 1 is 1.50 bits per heavy atom. The minimum atomic E-state index is 0.377. The molecule has 2 aromatic rings. The number of pyridine rings is 1. The van der Waals surface area contributed by atoms with Crippen LogP contribution in [0.15, 0.2) is 29.4 Å². The number of rotatable bonds is 2. The van der Waals surface area contributed by atoms with E-state index < -0.39 is 0 Å². The van der Waals surface area contributed by atoms with Crippen molar-refractivity contribution in [1.82, 2.24) is 19.7 Å². The van der Waals surface area contributed by atoms with Gasteiger partial charge in [-0.05, 0) is 22.0 Å². The zero-order valence-corrected chi connectivity index (χ0v) is 8.85. The molecule has 0 saturated carbocycles. The van der Waals surface area contributed by atoms with Crippen LogP contribution in [-0.4, -0.2) is 19.7 Å². The van der Waals surface area contributed by atoms with Crippen molar-refractivity contribution in [3.63, 3.8) is 0 Å². The van der Waals surface area contributed by atoms with Crippen LogP contribution in [0.3, 0.4) is 0 Å². The average Bonchev–Trinajstić information content (AvgIpc) is 2.70. The highest BCUT2D eigenvalue weighted by molar-refractivity contribution is 9.10. The van der Waals surface area contributed by atoms with Gasteiger partial charge in [-0.3, -0.25) is 4.98 Å². The number of halogens is 1. The number of nitrogens with zero attached hydrogens (tertiary/aromatic N) is 4. The molecule has 0 unspecified atom stereocenters. The zero-order chi connectivity index (χ0) is 9.97. The molecule has 0 aliphatic rings. The second-order valence-corrected chi connectivity index (χ2v) is 3.58. The van der Waals surface area contributed by atoms with E-state index in [1.54, 1.807) is 17.2 Å². The summed E-state index contributed by atoms with van der Waals surface area (Å²) in [6.45, 7) is 0.377. The third-order valence-corrected chi connectivity index (χ3v) is 2.21. The van der Waals surface area contributed by atoms with Crippen LogP contribution in [0, 0.1) is 0 Å². The predicted octanol–water partition coefficient (Wildman–Crippen LogP) is 0.883. The largest absolute Gasteiger partial charge is 0.325 e. The summed E-state index contributed by atoms with van der Waals surface area (Å²) in [6, 6.07) is 1.91. The van der Waals surface area contributed by atoms with Crippen molar-refractivity contribution in [3.05, 3.63) is 35.1 Å². The van der Waals surface area contributed by atoms with Gasteiger partial charge >= 0.3 is 0 Å². The minimum Gasteiger partial charge on any atom is -0.325 e. The average molecular weight is 254 g/mol. The molecule has 0 fully saturated rings. The Morgan fingerprint density at radius 2 is 2.36 bits per heavy atom. The van der Waals surface area contributed by atoms with Gasteiger partial charge in [0.2, 0.25) is 0 Å². The summed E-state index contributed by atoms with van der Waals surface area (Å²) < 4.78 is 2.53. The van der Waals surface area contributed by atoms with E-state index >= 15 is 0 Å². The van der Waals surface area contributed by atoms with Gasteiger partial charge in [0.05, 0.1) is 11.4 Å². The third-order valence-electron chi connectivity index (χ3n) is 1.77. The minimum absolute atomic E-state index is 0.377. The maximum absolute atomic E-state index is 5.57. The second kappa shape index (κ2) is 3.85. The van der Waals surface area contributed by atoms with Crippen LogP contribution in [0.1, 0.15) is 5.69 Å². The highest BCUT2D eigenvalue weighted by Gasteiger charge is 2.05. The van der Waals surface area contributed by atoms with Gasteiger partial charge in [0, 0.05) is 17.2 Å². The fourth-order valence-corrected chi connectivity index (χ4v) is 1.46. The molecule has 2 aromatic heterocycles. The monoisotopic (exact) mass is 253 g/mol. The van der Waals surface area contributed by atoms with Crippen molar-refractivity contribution in [2.45, 2.75) is 6.54 Å². The van der Waals surface area contributed by atoms with Crippen molar-refractivity contribution in [2.75, 3.05) is 0 Å². The number of hydrogen-bond acceptors (Lipinski definition) is 4. The van der Waals surface area contributed by atoms with Crippen LogP contribution in [0.5, 0.6) is 0 Å². The molecule has 0 bridgehead atoms. The quantitative estimate of drug-likeness (QED) is 0.863. The lowest BCUT2D eigenvalue weighted by Gasteiger charge is -2.05. The van der Waals surface area contributed by atoms with Crippen molar-refractivity contribution in [2.24, 2.45) is 5.73 Å². The van der Waals surface area contributed by atoms with Gasteiger partial charge in [-0.2, -0.15) is 5.10 Å². The van der Waals surface area contributed by atoms with Gasteiger partial charge in [0.1, 0.15) is 12.7 Å². The smallest absolute Gasteiger partial charge is 0.138 e. The van der Waals surface area contributed by atoms with E-state index in [4.69, 9.17) is 5.73 Å². The van der Waals surface area contributed by atoms with E-state index in [2.05, 4.69) is 31.0 Å². The summed E-state index contributed by atoms with van der Waals surface area (Å²) in [4.78, 5) is 8.06. The van der Waals surface area contributed by atoms with Crippen LogP contribution >= 0.6 is 15.9 Å². The topological polar surface area (TPSA) is 69.6 Å². The third kappa shape index (κ3) is 1.66. The van der Waals surface area contributed by atoms with Gasteiger partial charge < -0.3 is 5.73 Å². The van der Waals surface area contributed by atoms with E-state index in [1.165, 1.54) is 6.33 Å². The fraction of sp³-hybridized carbons (Fsp3) is 0.125. The van der Waals surface area contributed by atoms with E-state index in [0.717, 1.165) is 15.9 Å². The molecule has 0 saturated heterocycles. The highest BCUT2D eigenvalue weighted by Crippen LogP contribution is 2.16. The van der Waals surface area contributed by atoms with Gasteiger partial charge in [-0.1, -0.05) is 0 Å². The molecule has 0 atom stereocenters. The van der Waals surface area contributed by atoms with Crippen LogP contribution in [0.2, 0.25) is 0 Å². The molecular formula is C8H8BrN5. The van der Waals surface area contributed by atoms with Crippen molar-refractivity contribution < 1.29 is 0 Å². The molecule has 0 aliphatic carbocycles. The summed E-state index contributed by atoms with van der Waals surface area (Å²) in [5, 5.41) is 4.03. The highest BCUT2D eigenvalue weighted by atomic mass is 79.9. The lowest BCUT2D eigenvalue weighted by atomic mass is 10.3. The first-order valence-electron chi connectivity index (χ1n) is 4.01. The Balaban J connectivity index is 2.55. The maximum atomic E-state index is 5.57. The molecule has 2 N–H and O–H groups in total. The predicted molar refractivity (Wildman–Crippen MR) is 54.7 cm³/mol. The van der Waals surface area contributed by atoms with E-state index in [0.29, 0.717) is 6.54 Å². The summed E-state index contributed by atoms with van der Waals surface area (Å²) in [5.41, 5.74) is 7.20. The van der Waals surface area contributed by atoms with Crippen LogP contribution in [0.25, 0.3) is 5.69 Å². The zero-order valence-electron chi connectivity index (χ0n) is 7.26. The van der Waals surface area contributed by atoms with E-state index in [-0.39, 0.29) is 0 Å². The lowest BCUT2D eigenvalue weighted by molar-refractivity contribution is 0.836. The Kier molecular flexibility index (Phi) is 2.55. The van der Waals surface area contributed by atoms with E-state index in [1.807, 2.05) is 6.07 Å². The first-order chi connectivity index (χ1) is 6.81. The van der Waals surface area contributed by atoms with Gasteiger partial charge in [0.15, 0.2) is 0 Å². The SMILES string of the molecule is NCc1ncc(Br)cc1-n1cncn1.